The fraction of sp³-hybridized carbons (Fsp3) is 0.750. The van der Waals surface area contributed by atoms with Crippen LogP contribution in [0.1, 0.15) is 26.7 Å². The molecule has 1 aromatic heterocycles. The Morgan fingerprint density at radius 3 is 2.95 bits per heavy atom. The molecule has 2 N–H and O–H groups in total. The molecule has 1 atom stereocenters. The summed E-state index contributed by atoms with van der Waals surface area (Å²) in [6.07, 6.45) is 5.22. The molecule has 2 heterocycles. The van der Waals surface area contributed by atoms with Gasteiger partial charge < -0.3 is 9.88 Å². The molecule has 19 heavy (non-hydrogen) atoms. The molecule has 1 unspecified atom stereocenters. The highest BCUT2D eigenvalue weighted by molar-refractivity contribution is 7.89. The van der Waals surface area contributed by atoms with E-state index in [9.17, 15) is 8.42 Å². The van der Waals surface area contributed by atoms with Crippen LogP contribution in [0.5, 0.6) is 0 Å². The minimum Gasteiger partial charge on any atom is -0.336 e. The number of aryl methyl sites for hydroxylation is 1. The van der Waals surface area contributed by atoms with Crippen LogP contribution in [-0.4, -0.2) is 37.6 Å². The molecule has 108 valence electrons. The zero-order valence-electron chi connectivity index (χ0n) is 11.5. The topological polar surface area (TPSA) is 76.0 Å². The molecule has 1 fully saturated rings. The van der Waals surface area contributed by atoms with E-state index in [0.29, 0.717) is 13.1 Å². The molecular formula is C12H22N4O2S. The Kier molecular flexibility index (Phi) is 4.27. The van der Waals surface area contributed by atoms with Crippen molar-refractivity contribution in [2.75, 3.05) is 19.6 Å². The van der Waals surface area contributed by atoms with E-state index in [4.69, 9.17) is 0 Å². The highest BCUT2D eigenvalue weighted by Crippen LogP contribution is 2.24. The van der Waals surface area contributed by atoms with E-state index in [1.54, 1.807) is 17.1 Å². The lowest BCUT2D eigenvalue weighted by molar-refractivity contribution is 0.238. The zero-order chi connectivity index (χ0) is 13.9. The van der Waals surface area contributed by atoms with Crippen molar-refractivity contribution in [2.45, 2.75) is 38.3 Å². The first-order chi connectivity index (χ1) is 8.95. The summed E-state index contributed by atoms with van der Waals surface area (Å²) in [7, 11) is -3.50. The quantitative estimate of drug-likeness (QED) is 0.830. The van der Waals surface area contributed by atoms with Gasteiger partial charge in [-0.25, -0.2) is 18.1 Å². The van der Waals surface area contributed by atoms with Gasteiger partial charge in [-0.15, -0.1) is 0 Å². The molecule has 7 heteroatoms. The number of rotatable bonds is 5. The molecule has 0 saturated carbocycles. The molecule has 0 radical (unpaired) electrons. The zero-order valence-corrected chi connectivity index (χ0v) is 12.3. The molecule has 0 bridgehead atoms. The van der Waals surface area contributed by atoms with Crippen LogP contribution in [0.25, 0.3) is 0 Å². The van der Waals surface area contributed by atoms with Crippen LogP contribution >= 0.6 is 0 Å². The van der Waals surface area contributed by atoms with Crippen molar-refractivity contribution in [2.24, 2.45) is 5.41 Å². The van der Waals surface area contributed by atoms with Crippen LogP contribution in [0.2, 0.25) is 0 Å². The number of nitrogens with one attached hydrogen (secondary N) is 2. The van der Waals surface area contributed by atoms with Gasteiger partial charge >= 0.3 is 0 Å². The third-order valence-corrected chi connectivity index (χ3v) is 4.91. The summed E-state index contributed by atoms with van der Waals surface area (Å²) in [6, 6.07) is 0. The standard InChI is InChI=1S/C12H22N4O2S/c1-3-16-7-11(14-10-16)19(17,18)15-9-12(2)5-4-6-13-8-12/h7,10,13,15H,3-6,8-9H2,1-2H3. The van der Waals surface area contributed by atoms with Gasteiger partial charge in [0.2, 0.25) is 0 Å². The van der Waals surface area contributed by atoms with Crippen molar-refractivity contribution in [1.82, 2.24) is 19.6 Å². The van der Waals surface area contributed by atoms with Crippen molar-refractivity contribution < 1.29 is 8.42 Å². The average Bonchev–Trinajstić information content (AvgIpc) is 2.87. The number of hydrogen-bond acceptors (Lipinski definition) is 4. The van der Waals surface area contributed by atoms with Gasteiger partial charge in [0.05, 0.1) is 6.33 Å². The predicted molar refractivity (Wildman–Crippen MR) is 73.3 cm³/mol. The molecule has 1 aliphatic rings. The fourth-order valence-corrected chi connectivity index (χ4v) is 3.41. The van der Waals surface area contributed by atoms with Gasteiger partial charge in [-0.3, -0.25) is 0 Å². The van der Waals surface area contributed by atoms with Gasteiger partial charge in [-0.05, 0) is 31.7 Å². The Morgan fingerprint density at radius 2 is 2.37 bits per heavy atom. The highest BCUT2D eigenvalue weighted by atomic mass is 32.2. The molecule has 0 spiro atoms. The normalized spacial score (nSPS) is 24.5. The van der Waals surface area contributed by atoms with E-state index >= 15 is 0 Å². The summed E-state index contributed by atoms with van der Waals surface area (Å²) < 4.78 is 28.7. The van der Waals surface area contributed by atoms with E-state index in [2.05, 4.69) is 21.9 Å². The number of piperidine rings is 1. The third-order valence-electron chi connectivity index (χ3n) is 3.62. The molecule has 2 rings (SSSR count). The van der Waals surface area contributed by atoms with E-state index in [1.807, 2.05) is 6.92 Å². The van der Waals surface area contributed by atoms with Gasteiger partial charge in [-0.1, -0.05) is 6.92 Å². The smallest absolute Gasteiger partial charge is 0.259 e. The summed E-state index contributed by atoms with van der Waals surface area (Å²) in [5, 5.41) is 3.41. The Hall–Kier alpha value is -0.920. The largest absolute Gasteiger partial charge is 0.336 e. The van der Waals surface area contributed by atoms with Gasteiger partial charge in [0.1, 0.15) is 0 Å². The molecule has 1 saturated heterocycles. The van der Waals surface area contributed by atoms with Crippen molar-refractivity contribution in [3.8, 4) is 0 Å². The van der Waals surface area contributed by atoms with Crippen LogP contribution in [0, 0.1) is 5.41 Å². The number of hydrogen-bond donors (Lipinski definition) is 2. The Bertz CT molecular complexity index is 518. The summed E-state index contributed by atoms with van der Waals surface area (Å²) in [4.78, 5) is 3.94. The SMILES string of the molecule is CCn1cnc(S(=O)(=O)NCC2(C)CCCNC2)c1. The maximum Gasteiger partial charge on any atom is 0.259 e. The Balaban J connectivity index is 2.01. The lowest BCUT2D eigenvalue weighted by Gasteiger charge is -2.34. The highest BCUT2D eigenvalue weighted by Gasteiger charge is 2.29. The number of imidazole rings is 1. The lowest BCUT2D eigenvalue weighted by Crippen LogP contribution is -2.45. The molecular weight excluding hydrogens is 264 g/mol. The average molecular weight is 286 g/mol. The van der Waals surface area contributed by atoms with Crippen LogP contribution in [0.4, 0.5) is 0 Å². The van der Waals surface area contributed by atoms with Crippen molar-refractivity contribution in [3.63, 3.8) is 0 Å². The van der Waals surface area contributed by atoms with E-state index < -0.39 is 10.0 Å². The first-order valence-electron chi connectivity index (χ1n) is 6.67. The first-order valence-corrected chi connectivity index (χ1v) is 8.16. The first kappa shape index (κ1) is 14.5. The van der Waals surface area contributed by atoms with Crippen LogP contribution in [0.15, 0.2) is 17.6 Å². The lowest BCUT2D eigenvalue weighted by atomic mass is 9.83. The molecule has 0 aliphatic carbocycles. The van der Waals surface area contributed by atoms with Crippen molar-refractivity contribution in [1.29, 1.82) is 0 Å². The summed E-state index contributed by atoms with van der Waals surface area (Å²) in [5.41, 5.74) is -0.0152. The van der Waals surface area contributed by atoms with Gasteiger partial charge in [-0.2, -0.15) is 0 Å². The second-order valence-electron chi connectivity index (χ2n) is 5.46. The van der Waals surface area contributed by atoms with Gasteiger partial charge in [0, 0.05) is 25.8 Å². The van der Waals surface area contributed by atoms with E-state index in [1.165, 1.54) is 0 Å². The van der Waals surface area contributed by atoms with Crippen molar-refractivity contribution in [3.05, 3.63) is 12.5 Å². The predicted octanol–water partition coefficient (Wildman–Crippen LogP) is 0.571. The van der Waals surface area contributed by atoms with Crippen LogP contribution in [-0.2, 0) is 16.6 Å². The molecule has 1 aromatic rings. The number of aromatic nitrogens is 2. The van der Waals surface area contributed by atoms with E-state index in [-0.39, 0.29) is 10.4 Å². The Morgan fingerprint density at radius 1 is 1.58 bits per heavy atom. The Labute approximate surface area is 114 Å². The molecule has 0 amide bonds. The molecule has 0 aromatic carbocycles. The molecule has 1 aliphatic heterocycles. The maximum absolute atomic E-state index is 12.1. The summed E-state index contributed by atoms with van der Waals surface area (Å²) in [5.74, 6) is 0. The van der Waals surface area contributed by atoms with Crippen LogP contribution in [0.3, 0.4) is 0 Å². The van der Waals surface area contributed by atoms with Crippen LogP contribution < -0.4 is 10.0 Å². The molecule has 6 nitrogen and oxygen atoms in total. The number of nitrogens with zero attached hydrogens (tertiary/aromatic N) is 2. The second kappa shape index (κ2) is 5.60. The summed E-state index contributed by atoms with van der Waals surface area (Å²) >= 11 is 0. The fourth-order valence-electron chi connectivity index (χ4n) is 2.26. The third kappa shape index (κ3) is 3.55. The monoisotopic (exact) mass is 286 g/mol. The maximum atomic E-state index is 12.1. The minimum absolute atomic E-state index is 0.0152. The number of sulfonamides is 1. The minimum atomic E-state index is -3.50. The second-order valence-corrected chi connectivity index (χ2v) is 7.17. The van der Waals surface area contributed by atoms with E-state index in [0.717, 1.165) is 25.9 Å². The van der Waals surface area contributed by atoms with Gasteiger partial charge in [0.15, 0.2) is 5.03 Å². The summed E-state index contributed by atoms with van der Waals surface area (Å²) in [6.45, 7) is 7.07. The van der Waals surface area contributed by atoms with Gasteiger partial charge in [0.25, 0.3) is 10.0 Å². The van der Waals surface area contributed by atoms with Crippen molar-refractivity contribution >= 4 is 10.0 Å².